The summed E-state index contributed by atoms with van der Waals surface area (Å²) in [6.07, 6.45) is -4.45. The molecule has 1 amide bonds. The third-order valence-electron chi connectivity index (χ3n) is 4.38. The van der Waals surface area contributed by atoms with Crippen LogP contribution in [0.1, 0.15) is 27.0 Å². The number of hydrogen-bond donors (Lipinski definition) is 1. The second-order valence-corrected chi connectivity index (χ2v) is 7.73. The maximum atomic E-state index is 12.9. The number of ether oxygens (including phenoxy) is 3. The molecule has 1 heterocycles. The maximum absolute atomic E-state index is 12.9. The van der Waals surface area contributed by atoms with Crippen LogP contribution >= 0.6 is 11.3 Å². The number of alkyl halides is 3. The lowest BCUT2D eigenvalue weighted by molar-refractivity contribution is -0.137. The molecule has 0 aliphatic carbocycles. The highest BCUT2D eigenvalue weighted by atomic mass is 32.1. The van der Waals surface area contributed by atoms with E-state index in [-0.39, 0.29) is 17.3 Å². The first-order valence-electron chi connectivity index (χ1n) is 9.26. The minimum Gasteiger partial charge on any atom is -0.496 e. The molecular weight excluding hydrogens is 433 g/mol. The van der Waals surface area contributed by atoms with E-state index in [0.717, 1.165) is 29.0 Å². The van der Waals surface area contributed by atoms with E-state index in [1.807, 2.05) is 13.0 Å². The highest BCUT2D eigenvalue weighted by Gasteiger charge is 2.30. The molecule has 0 saturated heterocycles. The average molecular weight is 454 g/mol. The number of aromatic nitrogens is 1. The molecule has 0 atom stereocenters. The molecule has 0 spiro atoms. The van der Waals surface area contributed by atoms with Crippen LogP contribution in [-0.4, -0.2) is 38.3 Å². The Balaban J connectivity index is 1.84. The molecule has 0 aliphatic heterocycles. The SMILES string of the molecule is COCCOCc1cc(C)cc(C(=O)Nc2nc3ccc(C(F)(F)F)cc3s2)c1OC. The summed E-state index contributed by atoms with van der Waals surface area (Å²) in [5, 5.41) is 2.85. The lowest BCUT2D eigenvalue weighted by Crippen LogP contribution is -2.15. The first kappa shape index (κ1) is 23.0. The van der Waals surface area contributed by atoms with Gasteiger partial charge in [-0.1, -0.05) is 17.4 Å². The number of anilines is 1. The largest absolute Gasteiger partial charge is 0.496 e. The number of halogens is 3. The molecule has 0 radical (unpaired) electrons. The van der Waals surface area contributed by atoms with Crippen molar-refractivity contribution in [2.45, 2.75) is 19.7 Å². The molecule has 0 unspecified atom stereocenters. The van der Waals surface area contributed by atoms with Gasteiger partial charge in [-0.05, 0) is 36.8 Å². The van der Waals surface area contributed by atoms with Crippen LogP contribution in [0, 0.1) is 6.92 Å². The molecule has 3 aromatic rings. The van der Waals surface area contributed by atoms with E-state index in [1.165, 1.54) is 13.2 Å². The summed E-state index contributed by atoms with van der Waals surface area (Å²) >= 11 is 0.969. The van der Waals surface area contributed by atoms with Gasteiger partial charge in [-0.2, -0.15) is 13.2 Å². The van der Waals surface area contributed by atoms with Crippen molar-refractivity contribution in [3.8, 4) is 5.75 Å². The number of hydrogen-bond acceptors (Lipinski definition) is 6. The van der Waals surface area contributed by atoms with Gasteiger partial charge in [-0.3, -0.25) is 10.1 Å². The summed E-state index contributed by atoms with van der Waals surface area (Å²) in [6.45, 7) is 2.90. The fraction of sp³-hybridized carbons (Fsp3) is 0.333. The standard InChI is InChI=1S/C21H21F3N2O4S/c1-12-8-13(11-30-7-6-28-2)18(29-3)15(9-12)19(27)26-20-25-16-5-4-14(21(22,23)24)10-17(16)31-20/h4-5,8-10H,6-7,11H2,1-3H3,(H,25,26,27). The Kier molecular flexibility index (Phi) is 7.14. The second kappa shape index (κ2) is 9.63. The van der Waals surface area contributed by atoms with Gasteiger partial charge in [0.05, 0.1) is 48.3 Å². The van der Waals surface area contributed by atoms with Gasteiger partial charge >= 0.3 is 6.18 Å². The Morgan fingerprint density at radius 3 is 2.61 bits per heavy atom. The monoisotopic (exact) mass is 454 g/mol. The smallest absolute Gasteiger partial charge is 0.416 e. The topological polar surface area (TPSA) is 69.7 Å². The summed E-state index contributed by atoms with van der Waals surface area (Å²) in [7, 11) is 3.03. The fourth-order valence-corrected chi connectivity index (χ4v) is 3.91. The van der Waals surface area contributed by atoms with Gasteiger partial charge in [0.25, 0.3) is 5.91 Å². The summed E-state index contributed by atoms with van der Waals surface area (Å²) < 4.78 is 55.1. The van der Waals surface area contributed by atoms with Crippen molar-refractivity contribution in [3.05, 3.63) is 52.6 Å². The summed E-state index contributed by atoms with van der Waals surface area (Å²) in [5.41, 5.74) is 1.41. The van der Waals surface area contributed by atoms with Crippen LogP contribution < -0.4 is 10.1 Å². The number of nitrogens with zero attached hydrogens (tertiary/aromatic N) is 1. The Morgan fingerprint density at radius 2 is 1.94 bits per heavy atom. The van der Waals surface area contributed by atoms with E-state index in [0.29, 0.717) is 34.7 Å². The van der Waals surface area contributed by atoms with Crippen molar-refractivity contribution in [2.24, 2.45) is 0 Å². The minimum absolute atomic E-state index is 0.195. The number of thiazole rings is 1. The Morgan fingerprint density at radius 1 is 1.16 bits per heavy atom. The number of methoxy groups -OCH3 is 2. The zero-order valence-corrected chi connectivity index (χ0v) is 17.9. The van der Waals surface area contributed by atoms with E-state index in [4.69, 9.17) is 14.2 Å². The van der Waals surface area contributed by atoms with Gasteiger partial charge in [0.2, 0.25) is 0 Å². The molecule has 2 aromatic carbocycles. The number of fused-ring (bicyclic) bond motifs is 1. The summed E-state index contributed by atoms with van der Waals surface area (Å²) in [5.74, 6) is -0.116. The van der Waals surface area contributed by atoms with Gasteiger partial charge in [-0.25, -0.2) is 4.98 Å². The first-order chi connectivity index (χ1) is 14.7. The Bertz CT molecular complexity index is 1080. The van der Waals surface area contributed by atoms with Crippen molar-refractivity contribution < 1.29 is 32.2 Å². The van der Waals surface area contributed by atoms with Gasteiger partial charge in [-0.15, -0.1) is 0 Å². The van der Waals surface area contributed by atoms with Crippen molar-refractivity contribution in [3.63, 3.8) is 0 Å². The van der Waals surface area contributed by atoms with Gasteiger partial charge < -0.3 is 14.2 Å². The van der Waals surface area contributed by atoms with Gasteiger partial charge in [0.1, 0.15) is 5.75 Å². The number of aryl methyl sites for hydroxylation is 1. The number of amides is 1. The Labute approximate surface area is 180 Å². The van der Waals surface area contributed by atoms with Gasteiger partial charge in [0.15, 0.2) is 5.13 Å². The molecule has 0 fully saturated rings. The maximum Gasteiger partial charge on any atom is 0.416 e. The van der Waals surface area contributed by atoms with Crippen molar-refractivity contribution >= 4 is 32.6 Å². The lowest BCUT2D eigenvalue weighted by atomic mass is 10.0. The Hall–Kier alpha value is -2.69. The predicted molar refractivity (Wildman–Crippen MR) is 112 cm³/mol. The molecular formula is C21H21F3N2O4S. The fourth-order valence-electron chi connectivity index (χ4n) is 3.01. The summed E-state index contributed by atoms with van der Waals surface area (Å²) in [6, 6.07) is 6.80. The van der Waals surface area contributed by atoms with Crippen LogP contribution in [0.4, 0.5) is 18.3 Å². The van der Waals surface area contributed by atoms with E-state index in [1.54, 1.807) is 13.2 Å². The highest BCUT2D eigenvalue weighted by Crippen LogP contribution is 2.35. The molecule has 1 aromatic heterocycles. The number of carbonyl (C=O) groups excluding carboxylic acids is 1. The summed E-state index contributed by atoms with van der Waals surface area (Å²) in [4.78, 5) is 17.1. The van der Waals surface area contributed by atoms with Crippen LogP contribution in [0.25, 0.3) is 10.2 Å². The van der Waals surface area contributed by atoms with Crippen LogP contribution in [0.3, 0.4) is 0 Å². The van der Waals surface area contributed by atoms with Gasteiger partial charge in [0, 0.05) is 12.7 Å². The van der Waals surface area contributed by atoms with E-state index < -0.39 is 17.6 Å². The molecule has 10 heteroatoms. The van der Waals surface area contributed by atoms with Crippen molar-refractivity contribution in [1.29, 1.82) is 0 Å². The molecule has 3 rings (SSSR count). The third-order valence-corrected chi connectivity index (χ3v) is 5.32. The van der Waals surface area contributed by atoms with Crippen LogP contribution in [0.2, 0.25) is 0 Å². The number of nitrogens with one attached hydrogen (secondary N) is 1. The number of carbonyl (C=O) groups is 1. The van der Waals surface area contributed by atoms with Crippen LogP contribution in [0.5, 0.6) is 5.75 Å². The molecule has 0 aliphatic rings. The van der Waals surface area contributed by atoms with Crippen molar-refractivity contribution in [1.82, 2.24) is 4.98 Å². The van der Waals surface area contributed by atoms with E-state index in [2.05, 4.69) is 10.3 Å². The zero-order valence-electron chi connectivity index (χ0n) is 17.1. The first-order valence-corrected chi connectivity index (χ1v) is 10.1. The van der Waals surface area contributed by atoms with Crippen LogP contribution in [-0.2, 0) is 22.3 Å². The quantitative estimate of drug-likeness (QED) is 0.483. The lowest BCUT2D eigenvalue weighted by Gasteiger charge is -2.15. The zero-order chi connectivity index (χ0) is 22.6. The molecule has 31 heavy (non-hydrogen) atoms. The predicted octanol–water partition coefficient (Wildman–Crippen LogP) is 5.05. The average Bonchev–Trinajstić information content (AvgIpc) is 3.11. The van der Waals surface area contributed by atoms with E-state index in [9.17, 15) is 18.0 Å². The highest BCUT2D eigenvalue weighted by molar-refractivity contribution is 7.22. The third kappa shape index (κ3) is 5.52. The minimum atomic E-state index is -4.45. The van der Waals surface area contributed by atoms with Crippen molar-refractivity contribution in [2.75, 3.05) is 32.8 Å². The second-order valence-electron chi connectivity index (χ2n) is 6.70. The van der Waals surface area contributed by atoms with E-state index >= 15 is 0 Å². The molecule has 166 valence electrons. The molecule has 0 saturated carbocycles. The number of benzene rings is 2. The van der Waals surface area contributed by atoms with Crippen LogP contribution in [0.15, 0.2) is 30.3 Å². The molecule has 1 N–H and O–H groups in total. The number of rotatable bonds is 8. The molecule has 6 nitrogen and oxygen atoms in total. The molecule has 0 bridgehead atoms. The normalized spacial score (nSPS) is 11.7.